The van der Waals surface area contributed by atoms with Crippen LogP contribution in [0.25, 0.3) is 0 Å². The fourth-order valence-corrected chi connectivity index (χ4v) is 3.11. The smallest absolute Gasteiger partial charge is 0.209 e. The summed E-state index contributed by atoms with van der Waals surface area (Å²) in [5.74, 6) is 0.0560. The minimum absolute atomic E-state index is 0.0560. The van der Waals surface area contributed by atoms with Crippen molar-refractivity contribution in [1.82, 2.24) is 10.2 Å². The molecule has 3 N–H and O–H groups in total. The molecule has 1 aromatic rings. The van der Waals surface area contributed by atoms with E-state index in [9.17, 15) is 8.42 Å². The summed E-state index contributed by atoms with van der Waals surface area (Å²) in [6, 6.07) is 10.9. The van der Waals surface area contributed by atoms with Gasteiger partial charge in [0.05, 0.1) is 5.75 Å². The van der Waals surface area contributed by atoms with E-state index in [0.717, 1.165) is 26.1 Å². The van der Waals surface area contributed by atoms with Gasteiger partial charge in [-0.3, -0.25) is 4.90 Å². The van der Waals surface area contributed by atoms with Crippen molar-refractivity contribution < 1.29 is 8.42 Å². The summed E-state index contributed by atoms with van der Waals surface area (Å²) in [6.45, 7) is 3.79. The lowest BCUT2D eigenvalue weighted by Gasteiger charge is -2.16. The van der Waals surface area contributed by atoms with E-state index in [4.69, 9.17) is 5.14 Å². The van der Waals surface area contributed by atoms with E-state index in [1.165, 1.54) is 5.56 Å². The fourth-order valence-electron chi connectivity index (χ4n) is 2.56. The minimum atomic E-state index is -3.32. The highest BCUT2D eigenvalue weighted by atomic mass is 32.2. The Morgan fingerprint density at radius 1 is 1.30 bits per heavy atom. The summed E-state index contributed by atoms with van der Waals surface area (Å²) in [4.78, 5) is 2.42. The summed E-state index contributed by atoms with van der Waals surface area (Å²) in [6.07, 6.45) is 1.69. The average Bonchev–Trinajstić information content (AvgIpc) is 2.82. The first kappa shape index (κ1) is 15.4. The topological polar surface area (TPSA) is 75.4 Å². The van der Waals surface area contributed by atoms with Gasteiger partial charge in [0.15, 0.2) is 0 Å². The van der Waals surface area contributed by atoms with E-state index in [1.54, 1.807) is 0 Å². The first-order valence-corrected chi connectivity index (χ1v) is 8.74. The Balaban J connectivity index is 1.65. The molecular weight excluding hydrogens is 274 g/mol. The maximum absolute atomic E-state index is 10.8. The summed E-state index contributed by atoms with van der Waals surface area (Å²) in [5.41, 5.74) is 1.34. The Bertz CT molecular complexity index is 504. The molecule has 1 aromatic carbocycles. The molecule has 1 atom stereocenters. The van der Waals surface area contributed by atoms with Crippen LogP contribution in [0.3, 0.4) is 0 Å². The quantitative estimate of drug-likeness (QED) is 0.720. The average molecular weight is 297 g/mol. The maximum Gasteiger partial charge on any atom is 0.209 e. The first-order chi connectivity index (χ1) is 9.53. The van der Waals surface area contributed by atoms with Crippen LogP contribution in [0.5, 0.6) is 0 Å². The van der Waals surface area contributed by atoms with Gasteiger partial charge >= 0.3 is 0 Å². The van der Waals surface area contributed by atoms with Crippen LogP contribution in [0, 0.1) is 0 Å². The largest absolute Gasteiger partial charge is 0.313 e. The van der Waals surface area contributed by atoms with Gasteiger partial charge in [0.1, 0.15) is 0 Å². The molecule has 0 aliphatic carbocycles. The van der Waals surface area contributed by atoms with Gasteiger partial charge in [0.25, 0.3) is 0 Å². The van der Waals surface area contributed by atoms with E-state index in [1.807, 2.05) is 6.07 Å². The molecular formula is C14H23N3O2S. The molecule has 112 valence electrons. The van der Waals surface area contributed by atoms with E-state index in [2.05, 4.69) is 34.5 Å². The Kier molecular flexibility index (Phi) is 5.54. The predicted molar refractivity (Wildman–Crippen MR) is 80.7 cm³/mol. The highest BCUT2D eigenvalue weighted by Gasteiger charge is 2.21. The lowest BCUT2D eigenvalue weighted by atomic mass is 10.2. The number of sulfonamides is 1. The summed E-state index contributed by atoms with van der Waals surface area (Å²) >= 11 is 0. The third-order valence-electron chi connectivity index (χ3n) is 3.56. The Morgan fingerprint density at radius 2 is 2.05 bits per heavy atom. The van der Waals surface area contributed by atoms with Crippen LogP contribution in [0.1, 0.15) is 18.4 Å². The molecule has 0 bridgehead atoms. The summed E-state index contributed by atoms with van der Waals surface area (Å²) in [7, 11) is -3.32. The van der Waals surface area contributed by atoms with E-state index in [-0.39, 0.29) is 5.75 Å². The molecule has 0 amide bonds. The second kappa shape index (κ2) is 7.17. The second-order valence-corrected chi connectivity index (χ2v) is 7.11. The Hall–Kier alpha value is -0.950. The minimum Gasteiger partial charge on any atom is -0.313 e. The molecule has 0 spiro atoms. The molecule has 0 aromatic heterocycles. The number of rotatable bonds is 7. The molecule has 1 saturated heterocycles. The van der Waals surface area contributed by atoms with E-state index < -0.39 is 10.0 Å². The third kappa shape index (κ3) is 5.58. The van der Waals surface area contributed by atoms with Crippen molar-refractivity contribution in [1.29, 1.82) is 0 Å². The van der Waals surface area contributed by atoms with Gasteiger partial charge in [-0.05, 0) is 24.9 Å². The summed E-state index contributed by atoms with van der Waals surface area (Å²) < 4.78 is 21.6. The lowest BCUT2D eigenvalue weighted by Crippen LogP contribution is -2.34. The van der Waals surface area contributed by atoms with Gasteiger partial charge in [-0.25, -0.2) is 13.6 Å². The van der Waals surface area contributed by atoms with Gasteiger partial charge in [0, 0.05) is 25.7 Å². The zero-order valence-electron chi connectivity index (χ0n) is 11.7. The number of nitrogens with two attached hydrogens (primary N) is 1. The van der Waals surface area contributed by atoms with Crippen molar-refractivity contribution in [3.8, 4) is 0 Å². The number of nitrogens with one attached hydrogen (secondary N) is 1. The number of likely N-dealkylation sites (tertiary alicyclic amines) is 1. The molecule has 1 unspecified atom stereocenters. The third-order valence-corrected chi connectivity index (χ3v) is 4.42. The first-order valence-electron chi connectivity index (χ1n) is 7.03. The standard InChI is InChI=1S/C14H23N3O2S/c15-20(18,19)10-4-8-16-14-7-9-17(12-14)11-13-5-2-1-3-6-13/h1-3,5-6,14,16H,4,7-12H2,(H2,15,18,19). The molecule has 2 rings (SSSR count). The van der Waals surface area contributed by atoms with Crippen molar-refractivity contribution >= 4 is 10.0 Å². The number of primary sulfonamides is 1. The van der Waals surface area contributed by atoms with Crippen LogP contribution in [-0.4, -0.2) is 44.7 Å². The van der Waals surface area contributed by atoms with Crippen molar-refractivity contribution in [2.24, 2.45) is 5.14 Å². The van der Waals surface area contributed by atoms with Gasteiger partial charge < -0.3 is 5.32 Å². The predicted octanol–water partition coefficient (Wildman–Crippen LogP) is 0.529. The Labute approximate surface area is 121 Å². The SMILES string of the molecule is NS(=O)(=O)CCCNC1CCN(Cc2ccccc2)C1. The molecule has 1 fully saturated rings. The normalized spacial score (nSPS) is 20.4. The second-order valence-electron chi connectivity index (χ2n) is 5.38. The van der Waals surface area contributed by atoms with Crippen molar-refractivity contribution in [2.45, 2.75) is 25.4 Å². The van der Waals surface area contributed by atoms with Crippen LogP contribution >= 0.6 is 0 Å². The Morgan fingerprint density at radius 3 is 2.75 bits per heavy atom. The van der Waals surface area contributed by atoms with Gasteiger partial charge in [-0.15, -0.1) is 0 Å². The number of hydrogen-bond donors (Lipinski definition) is 2. The highest BCUT2D eigenvalue weighted by molar-refractivity contribution is 7.89. The summed E-state index contributed by atoms with van der Waals surface area (Å²) in [5, 5.41) is 8.38. The maximum atomic E-state index is 10.8. The lowest BCUT2D eigenvalue weighted by molar-refractivity contribution is 0.320. The fraction of sp³-hybridized carbons (Fsp3) is 0.571. The van der Waals surface area contributed by atoms with Crippen molar-refractivity contribution in [3.05, 3.63) is 35.9 Å². The van der Waals surface area contributed by atoms with E-state index >= 15 is 0 Å². The molecule has 5 nitrogen and oxygen atoms in total. The van der Waals surface area contributed by atoms with Gasteiger partial charge in [-0.2, -0.15) is 0 Å². The molecule has 0 saturated carbocycles. The molecule has 0 radical (unpaired) electrons. The van der Waals surface area contributed by atoms with Crippen LogP contribution in [0.2, 0.25) is 0 Å². The monoisotopic (exact) mass is 297 g/mol. The van der Waals surface area contributed by atoms with Gasteiger partial charge in [0.2, 0.25) is 10.0 Å². The van der Waals surface area contributed by atoms with Gasteiger partial charge in [-0.1, -0.05) is 30.3 Å². The van der Waals surface area contributed by atoms with Crippen molar-refractivity contribution in [3.63, 3.8) is 0 Å². The molecule has 20 heavy (non-hydrogen) atoms. The molecule has 1 heterocycles. The molecule has 6 heteroatoms. The van der Waals surface area contributed by atoms with Crippen LogP contribution in [0.15, 0.2) is 30.3 Å². The zero-order valence-corrected chi connectivity index (χ0v) is 12.5. The molecule has 1 aliphatic heterocycles. The van der Waals surface area contributed by atoms with Crippen molar-refractivity contribution in [2.75, 3.05) is 25.4 Å². The van der Waals surface area contributed by atoms with E-state index in [0.29, 0.717) is 19.0 Å². The number of hydrogen-bond acceptors (Lipinski definition) is 4. The number of benzene rings is 1. The van der Waals surface area contributed by atoms with Crippen LogP contribution in [0.4, 0.5) is 0 Å². The van der Waals surface area contributed by atoms with Crippen LogP contribution < -0.4 is 10.5 Å². The zero-order chi connectivity index (χ0) is 14.4. The number of nitrogens with zero attached hydrogens (tertiary/aromatic N) is 1. The molecule has 1 aliphatic rings. The van der Waals surface area contributed by atoms with Crippen LogP contribution in [-0.2, 0) is 16.6 Å². The highest BCUT2D eigenvalue weighted by Crippen LogP contribution is 2.13.